The second-order valence-electron chi connectivity index (χ2n) is 16.3. The molecule has 0 amide bonds. The van der Waals surface area contributed by atoms with Gasteiger partial charge in [0, 0.05) is 33.4 Å². The first-order chi connectivity index (χ1) is 32.6. The lowest BCUT2D eigenvalue weighted by molar-refractivity contribution is 0.418. The molecule has 0 spiro atoms. The molecule has 318 valence electrons. The first-order valence-electron chi connectivity index (χ1n) is 22.2. The van der Waals surface area contributed by atoms with Crippen LogP contribution in [-0.4, -0.2) is 21.3 Å². The maximum atomic E-state index is 6.52. The quantitative estimate of drug-likeness (QED) is 0.123. The number of hydrogen-bond acceptors (Lipinski definition) is 3. The van der Waals surface area contributed by atoms with Gasteiger partial charge in [-0.05, 0) is 121 Å². The fourth-order valence-corrected chi connectivity index (χ4v) is 9.17. The van der Waals surface area contributed by atoms with Crippen molar-refractivity contribution >= 4 is 0 Å². The molecular formula is C63H48O3. The van der Waals surface area contributed by atoms with Crippen molar-refractivity contribution in [2.24, 2.45) is 0 Å². The summed E-state index contributed by atoms with van der Waals surface area (Å²) in [6.45, 7) is 0. The number of rotatable bonds is 12. The van der Waals surface area contributed by atoms with Crippen LogP contribution < -0.4 is 14.2 Å². The fraction of sp³-hybridized carbons (Fsp3) is 0.0476. The van der Waals surface area contributed by atoms with Crippen molar-refractivity contribution in [2.45, 2.75) is 0 Å². The van der Waals surface area contributed by atoms with Gasteiger partial charge in [0.15, 0.2) is 0 Å². The second-order valence-corrected chi connectivity index (χ2v) is 16.3. The molecule has 66 heavy (non-hydrogen) atoms. The SMILES string of the molecule is COc1c(-c2ccccc2)cc(-c2ccccc2)cc1-c1cc(-c2cc(-c3ccccc3)cc(-c3ccccc3)c2OC)cc(-c2cc(-c3ccccc3)cc(-c3ccccc3)c2OC)c1. The van der Waals surface area contributed by atoms with Gasteiger partial charge >= 0.3 is 0 Å². The first kappa shape index (κ1) is 41.6. The van der Waals surface area contributed by atoms with E-state index in [1.807, 2.05) is 0 Å². The molecule has 0 saturated carbocycles. The molecule has 0 aromatic heterocycles. The smallest absolute Gasteiger partial charge is 0.134 e. The van der Waals surface area contributed by atoms with Crippen molar-refractivity contribution in [1.82, 2.24) is 0 Å². The van der Waals surface area contributed by atoms with Gasteiger partial charge in [-0.25, -0.2) is 0 Å². The van der Waals surface area contributed by atoms with Gasteiger partial charge in [0.25, 0.3) is 0 Å². The highest BCUT2D eigenvalue weighted by Gasteiger charge is 2.23. The predicted molar refractivity (Wildman–Crippen MR) is 275 cm³/mol. The normalized spacial score (nSPS) is 11.0. The number of benzene rings is 10. The average molecular weight is 853 g/mol. The Hall–Kier alpha value is -8.40. The van der Waals surface area contributed by atoms with E-state index in [4.69, 9.17) is 14.2 Å². The van der Waals surface area contributed by atoms with Crippen LogP contribution in [-0.2, 0) is 0 Å². The van der Waals surface area contributed by atoms with Crippen LogP contribution in [0.5, 0.6) is 17.2 Å². The zero-order valence-electron chi connectivity index (χ0n) is 37.2. The number of ether oxygens (including phenoxy) is 3. The first-order valence-corrected chi connectivity index (χ1v) is 22.2. The van der Waals surface area contributed by atoms with Crippen molar-refractivity contribution in [3.63, 3.8) is 0 Å². The van der Waals surface area contributed by atoms with Gasteiger partial charge in [0.2, 0.25) is 0 Å². The Balaban J connectivity index is 1.33. The van der Waals surface area contributed by atoms with Crippen molar-refractivity contribution in [1.29, 1.82) is 0 Å². The highest BCUT2D eigenvalue weighted by atomic mass is 16.5. The van der Waals surface area contributed by atoms with E-state index in [1.54, 1.807) is 21.3 Å². The van der Waals surface area contributed by atoms with E-state index in [0.29, 0.717) is 0 Å². The van der Waals surface area contributed by atoms with Crippen LogP contribution in [0.15, 0.2) is 237 Å². The van der Waals surface area contributed by atoms with E-state index in [9.17, 15) is 0 Å². The molecule has 0 bridgehead atoms. The molecule has 0 radical (unpaired) electrons. The van der Waals surface area contributed by atoms with E-state index in [0.717, 1.165) is 117 Å². The summed E-state index contributed by atoms with van der Waals surface area (Å²) in [4.78, 5) is 0. The van der Waals surface area contributed by atoms with Crippen LogP contribution in [0.2, 0.25) is 0 Å². The number of hydrogen-bond donors (Lipinski definition) is 0. The Morgan fingerprint density at radius 2 is 0.364 bits per heavy atom. The van der Waals surface area contributed by atoms with Crippen LogP contribution in [0, 0.1) is 0 Å². The largest absolute Gasteiger partial charge is 0.495 e. The summed E-state index contributed by atoms with van der Waals surface area (Å²) in [6.07, 6.45) is 0. The molecular weight excluding hydrogens is 805 g/mol. The van der Waals surface area contributed by atoms with E-state index >= 15 is 0 Å². The fourth-order valence-electron chi connectivity index (χ4n) is 9.17. The van der Waals surface area contributed by atoms with E-state index in [1.165, 1.54) is 0 Å². The van der Waals surface area contributed by atoms with Gasteiger partial charge in [0.05, 0.1) is 21.3 Å². The average Bonchev–Trinajstić information content (AvgIpc) is 3.41. The summed E-state index contributed by atoms with van der Waals surface area (Å²) in [6, 6.07) is 83.6. The van der Waals surface area contributed by atoms with E-state index < -0.39 is 0 Å². The molecule has 0 atom stereocenters. The van der Waals surface area contributed by atoms with Crippen LogP contribution >= 0.6 is 0 Å². The minimum atomic E-state index is 0.786. The van der Waals surface area contributed by atoms with Crippen LogP contribution in [0.4, 0.5) is 0 Å². The zero-order chi connectivity index (χ0) is 44.8. The molecule has 3 heteroatoms. The topological polar surface area (TPSA) is 27.7 Å². The monoisotopic (exact) mass is 852 g/mol. The standard InChI is InChI=1S/C63H48O3/c1-64-61-55(46-28-16-7-17-29-46)37-49(43-22-10-4-11-23-43)40-58(61)52-34-53(59-41-50(44-24-12-5-13-25-44)38-56(62(59)65-2)47-30-18-8-19-31-47)36-54(35-52)60-42-51(45-26-14-6-15-27-45)39-57(63(60)66-3)48-32-20-9-21-33-48/h4-42H,1-3H3. The predicted octanol–water partition coefficient (Wildman–Crippen LogP) is 16.7. The molecule has 0 aliphatic carbocycles. The molecule has 0 N–H and O–H groups in total. The Morgan fingerprint density at radius 3 is 0.561 bits per heavy atom. The lowest BCUT2D eigenvalue weighted by atomic mass is 9.86. The number of methoxy groups -OCH3 is 3. The Kier molecular flexibility index (Phi) is 11.8. The van der Waals surface area contributed by atoms with E-state index in [-0.39, 0.29) is 0 Å². The third-order valence-corrected chi connectivity index (χ3v) is 12.3. The third-order valence-electron chi connectivity index (χ3n) is 12.3. The molecule has 0 fully saturated rings. The third kappa shape index (κ3) is 8.27. The molecule has 10 aromatic carbocycles. The molecule has 0 saturated heterocycles. The summed E-state index contributed by atoms with van der Waals surface area (Å²) < 4.78 is 19.5. The van der Waals surface area contributed by atoms with Crippen molar-refractivity contribution < 1.29 is 14.2 Å². The van der Waals surface area contributed by atoms with Crippen LogP contribution in [0.1, 0.15) is 0 Å². The highest BCUT2D eigenvalue weighted by Crippen LogP contribution is 2.50. The Labute approximate surface area is 387 Å². The minimum Gasteiger partial charge on any atom is -0.495 e. The molecule has 10 aromatic rings. The Bertz CT molecular complexity index is 2890. The van der Waals surface area contributed by atoms with Gasteiger partial charge in [-0.1, -0.05) is 182 Å². The summed E-state index contributed by atoms with van der Waals surface area (Å²) >= 11 is 0. The maximum absolute atomic E-state index is 6.52. The van der Waals surface area contributed by atoms with E-state index in [2.05, 4.69) is 237 Å². The Morgan fingerprint density at radius 1 is 0.182 bits per heavy atom. The van der Waals surface area contributed by atoms with Crippen molar-refractivity contribution in [2.75, 3.05) is 21.3 Å². The lowest BCUT2D eigenvalue weighted by Gasteiger charge is -2.22. The van der Waals surface area contributed by atoms with Gasteiger partial charge in [-0.3, -0.25) is 0 Å². The molecule has 0 aliphatic rings. The maximum Gasteiger partial charge on any atom is 0.134 e. The van der Waals surface area contributed by atoms with Crippen LogP contribution in [0.3, 0.4) is 0 Å². The van der Waals surface area contributed by atoms with Gasteiger partial charge in [-0.15, -0.1) is 0 Å². The molecule has 0 heterocycles. The molecule has 3 nitrogen and oxygen atoms in total. The summed E-state index contributed by atoms with van der Waals surface area (Å²) in [5.41, 5.74) is 18.7. The summed E-state index contributed by atoms with van der Waals surface area (Å²) in [5, 5.41) is 0. The highest BCUT2D eigenvalue weighted by molar-refractivity contribution is 5.96. The van der Waals surface area contributed by atoms with Gasteiger partial charge in [0.1, 0.15) is 17.2 Å². The van der Waals surface area contributed by atoms with Crippen molar-refractivity contribution in [3.8, 4) is 117 Å². The molecule has 0 aliphatic heterocycles. The zero-order valence-corrected chi connectivity index (χ0v) is 37.2. The minimum absolute atomic E-state index is 0.786. The van der Waals surface area contributed by atoms with Crippen molar-refractivity contribution in [3.05, 3.63) is 237 Å². The summed E-state index contributed by atoms with van der Waals surface area (Å²) in [5.74, 6) is 2.36. The lowest BCUT2D eigenvalue weighted by Crippen LogP contribution is -1.98. The van der Waals surface area contributed by atoms with Gasteiger partial charge in [-0.2, -0.15) is 0 Å². The summed E-state index contributed by atoms with van der Waals surface area (Å²) in [7, 11) is 5.32. The van der Waals surface area contributed by atoms with Gasteiger partial charge < -0.3 is 14.2 Å². The molecule has 10 rings (SSSR count). The molecule has 0 unspecified atom stereocenters. The second kappa shape index (κ2) is 18.8. The van der Waals surface area contributed by atoms with Crippen LogP contribution in [0.25, 0.3) is 100 Å².